The smallest absolute Gasteiger partial charge is 0.264 e. The van der Waals surface area contributed by atoms with Crippen molar-refractivity contribution >= 4 is 74.2 Å². The Morgan fingerprint density at radius 1 is 0.923 bits per heavy atom. The monoisotopic (exact) mass is 622 g/mol. The van der Waals surface area contributed by atoms with E-state index in [-0.39, 0.29) is 20.6 Å². The van der Waals surface area contributed by atoms with Crippen molar-refractivity contribution < 1.29 is 13.2 Å². The number of anilines is 1. The lowest BCUT2D eigenvalue weighted by Gasteiger charge is -2.24. The standard InChI is InChI=1S/C27H22Cl4N4O3S/c1-17-12-19(18(2)35(17)26-13-20(28)8-10-24(26)30)15-32-33-27(36)16-34(21-9-11-23(29)25(31)14-21)39(37,38)22-6-4-3-5-7-22/h3-15H,16H2,1-2H3,(H,33,36)/b32-15-. The number of halogens is 4. The Labute approximate surface area is 246 Å². The number of hydrogen-bond donors (Lipinski definition) is 1. The van der Waals surface area contributed by atoms with Crippen molar-refractivity contribution in [3.63, 3.8) is 0 Å². The van der Waals surface area contributed by atoms with Gasteiger partial charge in [0.25, 0.3) is 15.9 Å². The maximum Gasteiger partial charge on any atom is 0.264 e. The van der Waals surface area contributed by atoms with Crippen LogP contribution in [0.25, 0.3) is 5.69 Å². The van der Waals surface area contributed by atoms with E-state index in [4.69, 9.17) is 46.4 Å². The summed E-state index contributed by atoms with van der Waals surface area (Å²) in [5.41, 5.74) is 5.72. The molecule has 0 aliphatic carbocycles. The van der Waals surface area contributed by atoms with Gasteiger partial charge in [0.05, 0.1) is 37.6 Å². The van der Waals surface area contributed by atoms with E-state index in [1.54, 1.807) is 36.4 Å². The third-order valence-electron chi connectivity index (χ3n) is 5.82. The molecular formula is C27H22Cl4N4O3S. The number of benzene rings is 3. The van der Waals surface area contributed by atoms with Gasteiger partial charge >= 0.3 is 0 Å². The first-order valence-corrected chi connectivity index (χ1v) is 14.4. The number of aryl methyl sites for hydroxylation is 1. The van der Waals surface area contributed by atoms with Crippen molar-refractivity contribution in [1.29, 1.82) is 0 Å². The first kappa shape index (κ1) is 29.0. The number of rotatable bonds is 8. The van der Waals surface area contributed by atoms with Gasteiger partial charge in [-0.15, -0.1) is 0 Å². The Balaban J connectivity index is 1.58. The number of nitrogens with one attached hydrogen (secondary N) is 1. The van der Waals surface area contributed by atoms with Gasteiger partial charge in [-0.3, -0.25) is 9.10 Å². The fourth-order valence-electron chi connectivity index (χ4n) is 3.96. The molecule has 4 aromatic rings. The topological polar surface area (TPSA) is 83.8 Å². The van der Waals surface area contributed by atoms with Gasteiger partial charge < -0.3 is 4.57 Å². The van der Waals surface area contributed by atoms with Gasteiger partial charge in [0.1, 0.15) is 6.54 Å². The molecule has 39 heavy (non-hydrogen) atoms. The number of hydrazone groups is 1. The lowest BCUT2D eigenvalue weighted by atomic mass is 10.2. The van der Waals surface area contributed by atoms with E-state index < -0.39 is 22.5 Å². The van der Waals surface area contributed by atoms with Crippen molar-refractivity contribution in [2.75, 3.05) is 10.8 Å². The van der Waals surface area contributed by atoms with Crippen molar-refractivity contribution in [1.82, 2.24) is 9.99 Å². The molecule has 0 aliphatic heterocycles. The summed E-state index contributed by atoms with van der Waals surface area (Å²) in [5, 5.41) is 5.53. The minimum absolute atomic E-state index is 0.0134. The van der Waals surface area contributed by atoms with Crippen LogP contribution in [0, 0.1) is 13.8 Å². The number of aromatic nitrogens is 1. The van der Waals surface area contributed by atoms with Crippen LogP contribution in [-0.4, -0.2) is 31.7 Å². The minimum atomic E-state index is -4.11. The fourth-order valence-corrected chi connectivity index (χ4v) is 6.06. The van der Waals surface area contributed by atoms with Crippen molar-refractivity contribution in [3.05, 3.63) is 110 Å². The molecule has 1 amide bonds. The predicted octanol–water partition coefficient (Wildman–Crippen LogP) is 7.05. The molecule has 7 nitrogen and oxygen atoms in total. The summed E-state index contributed by atoms with van der Waals surface area (Å²) in [6.45, 7) is 3.24. The molecule has 0 unspecified atom stereocenters. The van der Waals surface area contributed by atoms with Gasteiger partial charge in [-0.2, -0.15) is 5.10 Å². The highest BCUT2D eigenvalue weighted by Gasteiger charge is 2.27. The van der Waals surface area contributed by atoms with Crippen molar-refractivity contribution in [2.45, 2.75) is 18.7 Å². The molecule has 12 heteroatoms. The van der Waals surface area contributed by atoms with Crippen LogP contribution in [0.5, 0.6) is 0 Å². The van der Waals surface area contributed by atoms with Gasteiger partial charge in [0.15, 0.2) is 0 Å². The highest BCUT2D eigenvalue weighted by Crippen LogP contribution is 2.31. The predicted molar refractivity (Wildman–Crippen MR) is 158 cm³/mol. The van der Waals surface area contributed by atoms with Crippen LogP contribution in [0.15, 0.2) is 82.8 Å². The summed E-state index contributed by atoms with van der Waals surface area (Å²) < 4.78 is 29.8. The van der Waals surface area contributed by atoms with Crippen molar-refractivity contribution in [3.8, 4) is 5.69 Å². The average Bonchev–Trinajstić information content (AvgIpc) is 3.18. The molecule has 1 N–H and O–H groups in total. The van der Waals surface area contributed by atoms with Crippen LogP contribution < -0.4 is 9.73 Å². The summed E-state index contributed by atoms with van der Waals surface area (Å²) in [7, 11) is -4.11. The third-order valence-corrected chi connectivity index (χ3v) is 8.90. The summed E-state index contributed by atoms with van der Waals surface area (Å²) in [6, 6.07) is 19.2. The van der Waals surface area contributed by atoms with E-state index in [0.717, 1.165) is 21.3 Å². The van der Waals surface area contributed by atoms with Gasteiger partial charge in [-0.25, -0.2) is 13.8 Å². The van der Waals surface area contributed by atoms with E-state index in [2.05, 4.69) is 10.5 Å². The molecule has 3 aromatic carbocycles. The number of hydrogen-bond acceptors (Lipinski definition) is 4. The number of carbonyl (C=O) groups excluding carboxylic acids is 1. The second kappa shape index (κ2) is 12.0. The molecule has 0 aliphatic rings. The van der Waals surface area contributed by atoms with Crippen LogP contribution >= 0.6 is 46.4 Å². The normalized spacial score (nSPS) is 11.6. The Morgan fingerprint density at radius 2 is 1.62 bits per heavy atom. The first-order valence-electron chi connectivity index (χ1n) is 11.5. The van der Waals surface area contributed by atoms with Gasteiger partial charge in [-0.05, 0) is 68.4 Å². The number of carbonyl (C=O) groups is 1. The van der Waals surface area contributed by atoms with Crippen LogP contribution in [-0.2, 0) is 14.8 Å². The van der Waals surface area contributed by atoms with Crippen LogP contribution in [0.3, 0.4) is 0 Å². The SMILES string of the molecule is Cc1cc(/C=N\NC(=O)CN(c2ccc(Cl)c(Cl)c2)S(=O)(=O)c2ccccc2)c(C)n1-c1cc(Cl)ccc1Cl. The summed E-state index contributed by atoms with van der Waals surface area (Å²) >= 11 is 24.7. The fraction of sp³-hybridized carbons (Fsp3) is 0.111. The maximum atomic E-state index is 13.4. The van der Waals surface area contributed by atoms with Crippen LogP contribution in [0.1, 0.15) is 17.0 Å². The van der Waals surface area contributed by atoms with Crippen molar-refractivity contribution in [2.24, 2.45) is 5.10 Å². The molecule has 0 bridgehead atoms. The van der Waals surface area contributed by atoms with Gasteiger partial charge in [0.2, 0.25) is 0 Å². The third kappa shape index (κ3) is 6.42. The van der Waals surface area contributed by atoms with E-state index in [1.807, 2.05) is 24.5 Å². The second-order valence-electron chi connectivity index (χ2n) is 8.47. The molecule has 202 valence electrons. The average molecular weight is 624 g/mol. The number of sulfonamides is 1. The minimum Gasteiger partial charge on any atom is -0.316 e. The van der Waals surface area contributed by atoms with Gasteiger partial charge in [-0.1, -0.05) is 64.6 Å². The zero-order valence-electron chi connectivity index (χ0n) is 20.7. The summed E-state index contributed by atoms with van der Waals surface area (Å²) in [6.07, 6.45) is 1.48. The molecule has 0 saturated heterocycles. The highest BCUT2D eigenvalue weighted by atomic mass is 35.5. The number of nitrogens with zero attached hydrogens (tertiary/aromatic N) is 3. The first-order chi connectivity index (χ1) is 18.5. The van der Waals surface area contributed by atoms with Crippen LogP contribution in [0.4, 0.5) is 5.69 Å². The van der Waals surface area contributed by atoms with E-state index in [0.29, 0.717) is 15.7 Å². The zero-order valence-corrected chi connectivity index (χ0v) is 24.5. The lowest BCUT2D eigenvalue weighted by molar-refractivity contribution is -0.119. The molecule has 0 fully saturated rings. The zero-order chi connectivity index (χ0) is 28.3. The molecular weight excluding hydrogens is 602 g/mol. The summed E-state index contributed by atoms with van der Waals surface area (Å²) in [5.74, 6) is -0.663. The Bertz CT molecular complexity index is 1670. The molecule has 1 aromatic heterocycles. The van der Waals surface area contributed by atoms with E-state index in [9.17, 15) is 13.2 Å². The molecule has 0 atom stereocenters. The molecule has 0 spiro atoms. The number of amides is 1. The largest absolute Gasteiger partial charge is 0.316 e. The van der Waals surface area contributed by atoms with E-state index in [1.165, 1.54) is 36.5 Å². The Hall–Kier alpha value is -3.01. The van der Waals surface area contributed by atoms with Crippen LogP contribution in [0.2, 0.25) is 20.1 Å². The molecule has 1 heterocycles. The molecule has 4 rings (SSSR count). The maximum absolute atomic E-state index is 13.4. The quantitative estimate of drug-likeness (QED) is 0.169. The molecule has 0 saturated carbocycles. The summed E-state index contributed by atoms with van der Waals surface area (Å²) in [4.78, 5) is 12.9. The second-order valence-corrected chi connectivity index (χ2v) is 12.0. The molecule has 0 radical (unpaired) electrons. The Kier molecular flexibility index (Phi) is 8.93. The Morgan fingerprint density at radius 3 is 2.31 bits per heavy atom. The highest BCUT2D eigenvalue weighted by molar-refractivity contribution is 7.92. The van der Waals surface area contributed by atoms with Gasteiger partial charge in [0, 0.05) is 22.0 Å². The van der Waals surface area contributed by atoms with E-state index >= 15 is 0 Å². The lowest BCUT2D eigenvalue weighted by Crippen LogP contribution is -2.39.